The molecule has 114 valence electrons. The van der Waals surface area contributed by atoms with Gasteiger partial charge in [-0.25, -0.2) is 4.98 Å². The summed E-state index contributed by atoms with van der Waals surface area (Å²) in [5, 5.41) is 0. The minimum atomic E-state index is 0.642. The number of likely N-dealkylation sites (tertiary alicyclic amines) is 1. The summed E-state index contributed by atoms with van der Waals surface area (Å²) in [6.07, 6.45) is 3.69. The zero-order valence-corrected chi connectivity index (χ0v) is 13.2. The highest BCUT2D eigenvalue weighted by atomic mass is 15.1. The van der Waals surface area contributed by atoms with E-state index in [0.29, 0.717) is 5.92 Å². The third kappa shape index (κ3) is 3.05. The summed E-state index contributed by atoms with van der Waals surface area (Å²) in [6.45, 7) is 9.30. The zero-order chi connectivity index (χ0) is 14.8. The molecule has 1 atom stereocenters. The number of imidazole rings is 1. The number of nitrogens with zero attached hydrogens (tertiary/aromatic N) is 3. The SMILES string of the molecule is CCc1nc2cc(N)ccc2n1CC(C)CN1CCCC1. The maximum absolute atomic E-state index is 5.88. The highest BCUT2D eigenvalue weighted by Gasteiger charge is 2.17. The van der Waals surface area contributed by atoms with Crippen molar-refractivity contribution >= 4 is 16.7 Å². The summed E-state index contributed by atoms with van der Waals surface area (Å²) in [7, 11) is 0. The molecule has 0 radical (unpaired) electrons. The molecule has 0 aliphatic carbocycles. The number of aryl methyl sites for hydroxylation is 1. The highest BCUT2D eigenvalue weighted by molar-refractivity contribution is 5.79. The highest BCUT2D eigenvalue weighted by Crippen LogP contribution is 2.21. The van der Waals surface area contributed by atoms with Gasteiger partial charge in [0.15, 0.2) is 0 Å². The van der Waals surface area contributed by atoms with Crippen molar-refractivity contribution in [2.75, 3.05) is 25.4 Å². The Bertz CT molecular complexity index is 611. The third-order valence-corrected chi connectivity index (χ3v) is 4.43. The van der Waals surface area contributed by atoms with E-state index in [0.717, 1.165) is 24.2 Å². The average molecular weight is 286 g/mol. The Morgan fingerprint density at radius 3 is 2.71 bits per heavy atom. The van der Waals surface area contributed by atoms with Crippen LogP contribution in [0.25, 0.3) is 11.0 Å². The number of aromatic nitrogens is 2. The maximum atomic E-state index is 5.88. The first-order valence-electron chi connectivity index (χ1n) is 8.14. The van der Waals surface area contributed by atoms with E-state index >= 15 is 0 Å². The number of nitrogen functional groups attached to an aromatic ring is 1. The van der Waals surface area contributed by atoms with E-state index in [2.05, 4.69) is 29.4 Å². The summed E-state index contributed by atoms with van der Waals surface area (Å²) in [5.41, 5.74) is 8.92. The number of benzene rings is 1. The van der Waals surface area contributed by atoms with Crippen molar-refractivity contribution in [1.29, 1.82) is 0 Å². The van der Waals surface area contributed by atoms with Gasteiger partial charge in [-0.15, -0.1) is 0 Å². The lowest BCUT2D eigenvalue weighted by Gasteiger charge is -2.21. The fourth-order valence-electron chi connectivity index (χ4n) is 3.45. The lowest BCUT2D eigenvalue weighted by atomic mass is 10.1. The van der Waals surface area contributed by atoms with Crippen LogP contribution in [0.4, 0.5) is 5.69 Å². The van der Waals surface area contributed by atoms with E-state index in [1.807, 2.05) is 12.1 Å². The Morgan fingerprint density at radius 1 is 1.24 bits per heavy atom. The molecule has 0 bridgehead atoms. The van der Waals surface area contributed by atoms with Crippen molar-refractivity contribution < 1.29 is 0 Å². The van der Waals surface area contributed by atoms with Gasteiger partial charge in [0.1, 0.15) is 5.82 Å². The van der Waals surface area contributed by atoms with Crippen LogP contribution in [0, 0.1) is 5.92 Å². The predicted octanol–water partition coefficient (Wildman–Crippen LogP) is 2.91. The van der Waals surface area contributed by atoms with Crippen LogP contribution in [-0.4, -0.2) is 34.1 Å². The molecule has 4 heteroatoms. The third-order valence-electron chi connectivity index (χ3n) is 4.43. The molecule has 1 unspecified atom stereocenters. The van der Waals surface area contributed by atoms with Gasteiger partial charge in [-0.3, -0.25) is 0 Å². The molecule has 1 fully saturated rings. The van der Waals surface area contributed by atoms with E-state index in [1.165, 1.54) is 43.8 Å². The Morgan fingerprint density at radius 2 is 2.00 bits per heavy atom. The molecule has 2 aromatic rings. The topological polar surface area (TPSA) is 47.1 Å². The molecule has 4 nitrogen and oxygen atoms in total. The molecule has 1 aliphatic rings. The van der Waals surface area contributed by atoms with Crippen LogP contribution in [0.1, 0.15) is 32.5 Å². The van der Waals surface area contributed by atoms with E-state index < -0.39 is 0 Å². The second-order valence-electron chi connectivity index (χ2n) is 6.35. The molecule has 3 rings (SSSR count). The molecular weight excluding hydrogens is 260 g/mol. The molecule has 1 aromatic heterocycles. The normalized spacial score (nSPS) is 17.6. The second kappa shape index (κ2) is 6.06. The Labute approximate surface area is 126 Å². The molecule has 21 heavy (non-hydrogen) atoms. The molecule has 0 spiro atoms. The van der Waals surface area contributed by atoms with Gasteiger partial charge in [0.05, 0.1) is 11.0 Å². The number of nitrogens with two attached hydrogens (primary N) is 1. The van der Waals surface area contributed by atoms with Gasteiger partial charge in [-0.05, 0) is 50.0 Å². The van der Waals surface area contributed by atoms with E-state index in [9.17, 15) is 0 Å². The Balaban J connectivity index is 1.81. The van der Waals surface area contributed by atoms with Crippen molar-refractivity contribution in [1.82, 2.24) is 14.5 Å². The fraction of sp³-hybridized carbons (Fsp3) is 0.588. The molecular formula is C17H26N4. The predicted molar refractivity (Wildman–Crippen MR) is 88.4 cm³/mol. The Hall–Kier alpha value is -1.55. The maximum Gasteiger partial charge on any atom is 0.109 e. The van der Waals surface area contributed by atoms with E-state index in [1.54, 1.807) is 0 Å². The van der Waals surface area contributed by atoms with Crippen LogP contribution < -0.4 is 5.73 Å². The monoisotopic (exact) mass is 286 g/mol. The smallest absolute Gasteiger partial charge is 0.109 e. The number of anilines is 1. The largest absolute Gasteiger partial charge is 0.399 e. The summed E-state index contributed by atoms with van der Waals surface area (Å²) in [6, 6.07) is 6.07. The van der Waals surface area contributed by atoms with Gasteiger partial charge >= 0.3 is 0 Å². The molecule has 1 aromatic carbocycles. The molecule has 1 saturated heterocycles. The minimum absolute atomic E-state index is 0.642. The van der Waals surface area contributed by atoms with Crippen molar-refractivity contribution in [3.05, 3.63) is 24.0 Å². The number of hydrogen-bond acceptors (Lipinski definition) is 3. The number of fused-ring (bicyclic) bond motifs is 1. The average Bonchev–Trinajstić information content (AvgIpc) is 3.06. The summed E-state index contributed by atoms with van der Waals surface area (Å²) >= 11 is 0. The molecule has 1 aliphatic heterocycles. The number of hydrogen-bond donors (Lipinski definition) is 1. The summed E-state index contributed by atoms with van der Waals surface area (Å²) in [5.74, 6) is 1.81. The van der Waals surface area contributed by atoms with Gasteiger partial charge in [-0.1, -0.05) is 13.8 Å². The van der Waals surface area contributed by atoms with Gasteiger partial charge in [-0.2, -0.15) is 0 Å². The van der Waals surface area contributed by atoms with Crippen molar-refractivity contribution in [2.24, 2.45) is 5.92 Å². The van der Waals surface area contributed by atoms with Crippen LogP contribution in [0.2, 0.25) is 0 Å². The molecule has 2 heterocycles. The van der Waals surface area contributed by atoms with Crippen LogP contribution in [0.3, 0.4) is 0 Å². The first-order chi connectivity index (χ1) is 10.2. The molecule has 0 saturated carbocycles. The second-order valence-corrected chi connectivity index (χ2v) is 6.35. The van der Waals surface area contributed by atoms with E-state index in [-0.39, 0.29) is 0 Å². The summed E-state index contributed by atoms with van der Waals surface area (Å²) < 4.78 is 2.38. The fourth-order valence-corrected chi connectivity index (χ4v) is 3.45. The van der Waals surface area contributed by atoms with Gasteiger partial charge < -0.3 is 15.2 Å². The van der Waals surface area contributed by atoms with Crippen molar-refractivity contribution in [3.8, 4) is 0 Å². The standard InChI is InChI=1S/C17H26N4/c1-3-17-19-15-10-14(18)6-7-16(15)21(17)12-13(2)11-20-8-4-5-9-20/h6-7,10,13H,3-5,8-9,11-12,18H2,1-2H3. The van der Waals surface area contributed by atoms with Crippen LogP contribution in [-0.2, 0) is 13.0 Å². The van der Waals surface area contributed by atoms with Crippen LogP contribution >= 0.6 is 0 Å². The van der Waals surface area contributed by atoms with Crippen molar-refractivity contribution in [2.45, 2.75) is 39.7 Å². The Kier molecular flexibility index (Phi) is 4.15. The van der Waals surface area contributed by atoms with Crippen LogP contribution in [0.15, 0.2) is 18.2 Å². The van der Waals surface area contributed by atoms with E-state index in [4.69, 9.17) is 10.7 Å². The summed E-state index contributed by atoms with van der Waals surface area (Å²) in [4.78, 5) is 7.34. The lowest BCUT2D eigenvalue weighted by molar-refractivity contribution is 0.272. The lowest BCUT2D eigenvalue weighted by Crippen LogP contribution is -2.27. The molecule has 0 amide bonds. The molecule has 2 N–H and O–H groups in total. The first-order valence-corrected chi connectivity index (χ1v) is 8.14. The number of rotatable bonds is 5. The zero-order valence-electron chi connectivity index (χ0n) is 13.2. The van der Waals surface area contributed by atoms with Crippen molar-refractivity contribution in [3.63, 3.8) is 0 Å². The van der Waals surface area contributed by atoms with Crippen LogP contribution in [0.5, 0.6) is 0 Å². The van der Waals surface area contributed by atoms with Gasteiger partial charge in [0.2, 0.25) is 0 Å². The van der Waals surface area contributed by atoms with Gasteiger partial charge in [0.25, 0.3) is 0 Å². The minimum Gasteiger partial charge on any atom is -0.399 e. The first kappa shape index (κ1) is 14.4. The quantitative estimate of drug-likeness (QED) is 0.860. The van der Waals surface area contributed by atoms with Gasteiger partial charge in [0, 0.05) is 25.2 Å².